The van der Waals surface area contributed by atoms with Gasteiger partial charge in [-0.05, 0) is 36.2 Å². The van der Waals surface area contributed by atoms with Crippen LogP contribution in [-0.4, -0.2) is 17.6 Å². The summed E-state index contributed by atoms with van der Waals surface area (Å²) < 4.78 is 0. The third-order valence-electron chi connectivity index (χ3n) is 5.21. The quantitative estimate of drug-likeness (QED) is 0.548. The minimum absolute atomic E-state index is 0.153. The van der Waals surface area contributed by atoms with Gasteiger partial charge in [0.05, 0.1) is 5.69 Å². The van der Waals surface area contributed by atoms with E-state index in [1.54, 1.807) is 6.07 Å². The van der Waals surface area contributed by atoms with Crippen LogP contribution in [0.4, 0.5) is 5.69 Å². The topological polar surface area (TPSA) is 61.4 Å². The normalized spacial score (nSPS) is 26.7. The molecule has 0 aliphatic heterocycles. The van der Waals surface area contributed by atoms with E-state index in [4.69, 9.17) is 0 Å². The van der Waals surface area contributed by atoms with Crippen LogP contribution in [0.1, 0.15) is 58.9 Å². The summed E-state index contributed by atoms with van der Waals surface area (Å²) >= 11 is 0. The number of carbonyl (C=O) groups excluding carboxylic acids is 1. The first kappa shape index (κ1) is 17.8. The van der Waals surface area contributed by atoms with Crippen molar-refractivity contribution in [3.05, 3.63) is 23.8 Å². The van der Waals surface area contributed by atoms with E-state index in [-0.39, 0.29) is 5.75 Å². The number of nitrogens with one attached hydrogen (secondary N) is 2. The summed E-state index contributed by atoms with van der Waals surface area (Å²) in [5, 5.41) is 16.4. The smallest absolute Gasteiger partial charge is 0.211 e. The molecule has 4 nitrogen and oxygen atoms in total. The van der Waals surface area contributed by atoms with E-state index >= 15 is 0 Å². The predicted octanol–water partition coefficient (Wildman–Crippen LogP) is 4.05. The molecule has 1 aromatic rings. The average Bonchev–Trinajstić information content (AvgIpc) is 2.46. The molecule has 0 aromatic heterocycles. The number of phenols is 1. The summed E-state index contributed by atoms with van der Waals surface area (Å²) in [4.78, 5) is 10.6. The lowest BCUT2D eigenvalue weighted by molar-refractivity contribution is -0.105. The number of hydrogen-bond acceptors (Lipinski definition) is 3. The molecule has 128 valence electrons. The van der Waals surface area contributed by atoms with Gasteiger partial charge in [0.1, 0.15) is 5.75 Å². The first-order valence-electron chi connectivity index (χ1n) is 8.53. The highest BCUT2D eigenvalue weighted by Crippen LogP contribution is 2.47. The van der Waals surface area contributed by atoms with Crippen molar-refractivity contribution in [3.8, 4) is 5.75 Å². The van der Waals surface area contributed by atoms with E-state index in [1.165, 1.54) is 19.3 Å². The molecule has 0 heterocycles. The van der Waals surface area contributed by atoms with Gasteiger partial charge < -0.3 is 15.7 Å². The SMILES string of the molecule is CCC1(C)CC(NCc2cccc(NC=O)c2O)CC(C)(C)C1. The van der Waals surface area contributed by atoms with E-state index in [2.05, 4.69) is 38.3 Å². The van der Waals surface area contributed by atoms with Crippen molar-refractivity contribution >= 4 is 12.1 Å². The molecule has 1 amide bonds. The third kappa shape index (κ3) is 4.47. The number of rotatable bonds is 6. The second-order valence-corrected chi connectivity index (χ2v) is 8.07. The van der Waals surface area contributed by atoms with Crippen LogP contribution in [0.15, 0.2) is 18.2 Å². The largest absolute Gasteiger partial charge is 0.505 e. The van der Waals surface area contributed by atoms with E-state index in [9.17, 15) is 9.90 Å². The van der Waals surface area contributed by atoms with Crippen LogP contribution in [0.5, 0.6) is 5.75 Å². The standard InChI is InChI=1S/C19H30N2O2/c1-5-19(4)10-15(9-18(2,3)12-19)20-11-14-7-6-8-16(17(14)23)21-13-22/h6-8,13,15,20,23H,5,9-12H2,1-4H3,(H,21,22). The Morgan fingerprint density at radius 3 is 2.70 bits per heavy atom. The van der Waals surface area contributed by atoms with Gasteiger partial charge in [-0.1, -0.05) is 46.2 Å². The molecule has 1 fully saturated rings. The van der Waals surface area contributed by atoms with Crippen LogP contribution in [0.3, 0.4) is 0 Å². The van der Waals surface area contributed by atoms with Crippen LogP contribution in [-0.2, 0) is 11.3 Å². The van der Waals surface area contributed by atoms with Gasteiger partial charge in [-0.15, -0.1) is 0 Å². The van der Waals surface area contributed by atoms with Gasteiger partial charge in [0.2, 0.25) is 6.41 Å². The fourth-order valence-corrected chi connectivity index (χ4v) is 4.22. The molecular weight excluding hydrogens is 288 g/mol. The van der Waals surface area contributed by atoms with Gasteiger partial charge in [0, 0.05) is 18.2 Å². The molecule has 0 saturated heterocycles. The molecule has 1 aliphatic carbocycles. The van der Waals surface area contributed by atoms with Crippen molar-refractivity contribution in [1.29, 1.82) is 0 Å². The van der Waals surface area contributed by atoms with Gasteiger partial charge in [0.15, 0.2) is 0 Å². The Morgan fingerprint density at radius 1 is 1.30 bits per heavy atom. The molecule has 0 bridgehead atoms. The van der Waals surface area contributed by atoms with Crippen molar-refractivity contribution in [2.45, 2.75) is 66.0 Å². The minimum atomic E-state index is 0.153. The Balaban J connectivity index is 2.05. The van der Waals surface area contributed by atoms with Crippen LogP contribution >= 0.6 is 0 Å². The highest BCUT2D eigenvalue weighted by molar-refractivity contribution is 5.76. The number of amides is 1. The van der Waals surface area contributed by atoms with Crippen molar-refractivity contribution in [1.82, 2.24) is 5.32 Å². The highest BCUT2D eigenvalue weighted by Gasteiger charge is 2.39. The molecule has 1 saturated carbocycles. The number of phenolic OH excluding ortho intramolecular Hbond substituents is 1. The Bertz CT molecular complexity index is 556. The van der Waals surface area contributed by atoms with Crippen LogP contribution in [0.2, 0.25) is 0 Å². The molecule has 0 radical (unpaired) electrons. The van der Waals surface area contributed by atoms with E-state index in [1.807, 2.05) is 12.1 Å². The summed E-state index contributed by atoms with van der Waals surface area (Å²) in [6.07, 6.45) is 5.36. The van der Waals surface area contributed by atoms with Gasteiger partial charge >= 0.3 is 0 Å². The molecule has 4 heteroatoms. The number of carbonyl (C=O) groups is 1. The summed E-state index contributed by atoms with van der Waals surface area (Å²) in [5.41, 5.74) is 1.99. The maximum Gasteiger partial charge on any atom is 0.211 e. The molecule has 0 spiro atoms. The number of benzene rings is 1. The van der Waals surface area contributed by atoms with E-state index in [0.29, 0.717) is 35.5 Å². The maximum atomic E-state index is 10.6. The summed E-state index contributed by atoms with van der Waals surface area (Å²) in [5.74, 6) is 0.153. The van der Waals surface area contributed by atoms with E-state index in [0.717, 1.165) is 12.0 Å². The van der Waals surface area contributed by atoms with Gasteiger partial charge in [-0.3, -0.25) is 4.79 Å². The Labute approximate surface area is 139 Å². The second-order valence-electron chi connectivity index (χ2n) is 8.07. The van der Waals surface area contributed by atoms with Gasteiger partial charge in [-0.2, -0.15) is 0 Å². The lowest BCUT2D eigenvalue weighted by Crippen LogP contribution is -2.44. The predicted molar refractivity (Wildman–Crippen MR) is 94.5 cm³/mol. The van der Waals surface area contributed by atoms with Crippen LogP contribution in [0, 0.1) is 10.8 Å². The lowest BCUT2D eigenvalue weighted by atomic mass is 9.61. The first-order valence-corrected chi connectivity index (χ1v) is 8.53. The Morgan fingerprint density at radius 2 is 2.04 bits per heavy atom. The maximum absolute atomic E-state index is 10.6. The Kier molecular flexibility index (Phi) is 5.35. The molecule has 23 heavy (non-hydrogen) atoms. The monoisotopic (exact) mass is 318 g/mol. The number of hydrogen-bond donors (Lipinski definition) is 3. The zero-order chi connectivity index (χ0) is 17.1. The van der Waals surface area contributed by atoms with Crippen molar-refractivity contribution < 1.29 is 9.90 Å². The highest BCUT2D eigenvalue weighted by atomic mass is 16.3. The fraction of sp³-hybridized carbons (Fsp3) is 0.632. The third-order valence-corrected chi connectivity index (χ3v) is 5.21. The van der Waals surface area contributed by atoms with E-state index < -0.39 is 0 Å². The first-order chi connectivity index (χ1) is 10.8. The lowest BCUT2D eigenvalue weighted by Gasteiger charge is -2.46. The fourth-order valence-electron chi connectivity index (χ4n) is 4.22. The minimum Gasteiger partial charge on any atom is -0.505 e. The molecule has 1 aliphatic rings. The molecule has 2 rings (SSSR count). The zero-order valence-electron chi connectivity index (χ0n) is 14.8. The van der Waals surface area contributed by atoms with Crippen molar-refractivity contribution in [3.63, 3.8) is 0 Å². The number of para-hydroxylation sites is 1. The summed E-state index contributed by atoms with van der Waals surface area (Å²) in [6, 6.07) is 5.89. The van der Waals surface area contributed by atoms with Gasteiger partial charge in [-0.25, -0.2) is 0 Å². The molecule has 3 N–H and O–H groups in total. The Hall–Kier alpha value is -1.55. The summed E-state index contributed by atoms with van der Waals surface area (Å²) in [7, 11) is 0. The molecule has 1 aromatic carbocycles. The van der Waals surface area contributed by atoms with Crippen molar-refractivity contribution in [2.75, 3.05) is 5.32 Å². The second kappa shape index (κ2) is 6.91. The molecule has 2 atom stereocenters. The summed E-state index contributed by atoms with van der Waals surface area (Å²) in [6.45, 7) is 9.97. The molecular formula is C19H30N2O2. The van der Waals surface area contributed by atoms with Crippen LogP contribution < -0.4 is 10.6 Å². The zero-order valence-corrected chi connectivity index (χ0v) is 14.8. The number of aromatic hydroxyl groups is 1. The van der Waals surface area contributed by atoms with Crippen molar-refractivity contribution in [2.24, 2.45) is 10.8 Å². The molecule has 2 unspecified atom stereocenters. The van der Waals surface area contributed by atoms with Crippen LogP contribution in [0.25, 0.3) is 0 Å². The van der Waals surface area contributed by atoms with Gasteiger partial charge in [0.25, 0.3) is 0 Å². The average molecular weight is 318 g/mol. The number of anilines is 1.